The fourth-order valence-corrected chi connectivity index (χ4v) is 0.731. The van der Waals surface area contributed by atoms with E-state index < -0.39 is 0 Å². The fourth-order valence-electron chi connectivity index (χ4n) is 0.582. The van der Waals surface area contributed by atoms with Crippen LogP contribution in [0.15, 0.2) is 4.99 Å². The summed E-state index contributed by atoms with van der Waals surface area (Å²) in [5.74, 6) is 0. The Hall–Kier alpha value is -0.280. The molecule has 0 bridgehead atoms. The minimum Gasteiger partial charge on any atom is -0.382 e. The van der Waals surface area contributed by atoms with Crippen LogP contribution in [-0.4, -0.2) is 38.6 Å². The molecule has 10 heavy (non-hydrogen) atoms. The molecule has 0 aliphatic heterocycles. The van der Waals surface area contributed by atoms with Gasteiger partial charge in [-0.25, -0.2) is 4.99 Å². The largest absolute Gasteiger partial charge is 0.382 e. The van der Waals surface area contributed by atoms with Crippen molar-refractivity contribution in [3.8, 4) is 0 Å². The third-order valence-corrected chi connectivity index (χ3v) is 1.06. The van der Waals surface area contributed by atoms with Gasteiger partial charge in [0, 0.05) is 14.2 Å². The van der Waals surface area contributed by atoms with Crippen LogP contribution in [0.2, 0.25) is 0 Å². The highest BCUT2D eigenvalue weighted by atomic mass is 32.1. The molecule has 0 saturated heterocycles. The molecule has 0 unspecified atom stereocenters. The Morgan fingerprint density at radius 2 is 1.90 bits per heavy atom. The van der Waals surface area contributed by atoms with Crippen molar-refractivity contribution in [3.05, 3.63) is 0 Å². The van der Waals surface area contributed by atoms with Crippen LogP contribution >= 0.6 is 12.2 Å². The first-order chi connectivity index (χ1) is 4.85. The Morgan fingerprint density at radius 1 is 1.40 bits per heavy atom. The smallest absolute Gasteiger partial charge is 0.107 e. The minimum absolute atomic E-state index is 0.00694. The zero-order valence-electron chi connectivity index (χ0n) is 6.16. The lowest BCUT2D eigenvalue weighted by molar-refractivity contribution is 0.120. The Kier molecular flexibility index (Phi) is 6.64. The van der Waals surface area contributed by atoms with Crippen molar-refractivity contribution in [1.82, 2.24) is 0 Å². The predicted molar refractivity (Wildman–Crippen MR) is 42.6 cm³/mol. The van der Waals surface area contributed by atoms with E-state index in [1.54, 1.807) is 14.2 Å². The fraction of sp³-hybridized carbons (Fsp3) is 0.833. The van der Waals surface area contributed by atoms with Gasteiger partial charge in [0.2, 0.25) is 0 Å². The van der Waals surface area contributed by atoms with Gasteiger partial charge in [-0.05, 0) is 12.2 Å². The molecule has 0 spiro atoms. The molecule has 0 fully saturated rings. The molecule has 3 nitrogen and oxygen atoms in total. The van der Waals surface area contributed by atoms with Crippen molar-refractivity contribution >= 4 is 17.4 Å². The molecule has 0 amide bonds. The van der Waals surface area contributed by atoms with Gasteiger partial charge >= 0.3 is 0 Å². The Morgan fingerprint density at radius 3 is 2.20 bits per heavy atom. The summed E-state index contributed by atoms with van der Waals surface area (Å²) < 4.78 is 9.70. The lowest BCUT2D eigenvalue weighted by atomic mass is 10.3. The van der Waals surface area contributed by atoms with E-state index in [0.29, 0.717) is 13.2 Å². The number of hydrogen-bond acceptors (Lipinski definition) is 4. The van der Waals surface area contributed by atoms with Crippen LogP contribution in [0.3, 0.4) is 0 Å². The normalized spacial score (nSPS) is 9.50. The summed E-state index contributed by atoms with van der Waals surface area (Å²) in [7, 11) is 3.23. The lowest BCUT2D eigenvalue weighted by Crippen LogP contribution is -2.17. The van der Waals surface area contributed by atoms with Crippen molar-refractivity contribution in [2.24, 2.45) is 4.99 Å². The van der Waals surface area contributed by atoms with Gasteiger partial charge in [0.1, 0.15) is 6.04 Å². The van der Waals surface area contributed by atoms with Gasteiger partial charge in [-0.15, -0.1) is 0 Å². The average Bonchev–Trinajstić information content (AvgIpc) is 1.90. The Labute approximate surface area is 66.0 Å². The molecule has 0 aliphatic rings. The number of thiocarbonyl (C=S) groups is 1. The highest BCUT2D eigenvalue weighted by molar-refractivity contribution is 7.78. The standard InChI is InChI=1S/C6H11NO2S/c1-8-3-6(4-9-2)7-5-10/h6H,3-4H2,1-2H3. The molecule has 58 valence electrons. The Balaban J connectivity index is 3.60. The molecule has 0 aromatic rings. The van der Waals surface area contributed by atoms with Gasteiger partial charge in [-0.3, -0.25) is 0 Å². The summed E-state index contributed by atoms with van der Waals surface area (Å²) in [6.45, 7) is 1.05. The van der Waals surface area contributed by atoms with Gasteiger partial charge in [0.15, 0.2) is 0 Å². The SMILES string of the molecule is COCC(COC)N=C=S. The highest BCUT2D eigenvalue weighted by Gasteiger charge is 2.03. The molecule has 0 rings (SSSR count). The van der Waals surface area contributed by atoms with Crippen LogP contribution in [-0.2, 0) is 9.47 Å². The number of hydrogen-bond donors (Lipinski definition) is 0. The van der Waals surface area contributed by atoms with E-state index in [1.165, 1.54) is 0 Å². The van der Waals surface area contributed by atoms with E-state index in [9.17, 15) is 0 Å². The molecule has 0 N–H and O–H groups in total. The maximum absolute atomic E-state index is 4.85. The molecule has 0 atom stereocenters. The molecule has 0 aromatic heterocycles. The highest BCUT2D eigenvalue weighted by Crippen LogP contribution is 1.90. The summed E-state index contributed by atoms with van der Waals surface area (Å²) >= 11 is 4.43. The lowest BCUT2D eigenvalue weighted by Gasteiger charge is -2.06. The van der Waals surface area contributed by atoms with Gasteiger partial charge in [-0.2, -0.15) is 0 Å². The zero-order chi connectivity index (χ0) is 7.82. The van der Waals surface area contributed by atoms with Crippen LogP contribution in [0.4, 0.5) is 0 Å². The molecule has 0 aromatic carbocycles. The molecule has 0 radical (unpaired) electrons. The second-order valence-corrected chi connectivity index (χ2v) is 1.97. The second-order valence-electron chi connectivity index (χ2n) is 1.78. The van der Waals surface area contributed by atoms with Gasteiger partial charge in [0.25, 0.3) is 0 Å². The first kappa shape index (κ1) is 9.72. The third kappa shape index (κ3) is 4.58. The van der Waals surface area contributed by atoms with E-state index in [4.69, 9.17) is 9.47 Å². The van der Waals surface area contributed by atoms with E-state index in [2.05, 4.69) is 22.4 Å². The first-order valence-corrected chi connectivity index (χ1v) is 3.30. The topological polar surface area (TPSA) is 30.8 Å². The second kappa shape index (κ2) is 6.83. The molecular weight excluding hydrogens is 150 g/mol. The quantitative estimate of drug-likeness (QED) is 0.440. The Bertz CT molecular complexity index is 117. The van der Waals surface area contributed by atoms with Crippen molar-refractivity contribution in [1.29, 1.82) is 0 Å². The van der Waals surface area contributed by atoms with Crippen LogP contribution < -0.4 is 0 Å². The summed E-state index contributed by atoms with van der Waals surface area (Å²) in [5, 5.41) is 2.29. The van der Waals surface area contributed by atoms with E-state index in [0.717, 1.165) is 0 Å². The van der Waals surface area contributed by atoms with E-state index in [-0.39, 0.29) is 6.04 Å². The van der Waals surface area contributed by atoms with Gasteiger partial charge < -0.3 is 9.47 Å². The number of aliphatic imine (C=N–C) groups is 1. The minimum atomic E-state index is -0.00694. The summed E-state index contributed by atoms with van der Waals surface area (Å²) in [6.07, 6.45) is 0. The summed E-state index contributed by atoms with van der Waals surface area (Å²) in [6, 6.07) is -0.00694. The first-order valence-electron chi connectivity index (χ1n) is 2.90. The molecule has 0 heterocycles. The van der Waals surface area contributed by atoms with Crippen LogP contribution in [0.25, 0.3) is 0 Å². The number of isothiocyanates is 1. The van der Waals surface area contributed by atoms with E-state index in [1.807, 2.05) is 0 Å². The van der Waals surface area contributed by atoms with Gasteiger partial charge in [-0.1, -0.05) is 0 Å². The maximum atomic E-state index is 4.85. The van der Waals surface area contributed by atoms with Crippen molar-refractivity contribution < 1.29 is 9.47 Å². The molecule has 0 saturated carbocycles. The maximum Gasteiger partial charge on any atom is 0.107 e. The number of nitrogens with zero attached hydrogens (tertiary/aromatic N) is 1. The van der Waals surface area contributed by atoms with Crippen LogP contribution in [0, 0.1) is 0 Å². The number of methoxy groups -OCH3 is 2. The molecule has 0 aliphatic carbocycles. The number of rotatable bonds is 5. The number of ether oxygens (including phenoxy) is 2. The van der Waals surface area contributed by atoms with E-state index >= 15 is 0 Å². The molecular formula is C6H11NO2S. The zero-order valence-corrected chi connectivity index (χ0v) is 6.98. The monoisotopic (exact) mass is 161 g/mol. The van der Waals surface area contributed by atoms with Crippen molar-refractivity contribution in [2.75, 3.05) is 27.4 Å². The average molecular weight is 161 g/mol. The summed E-state index contributed by atoms with van der Waals surface area (Å²) in [4.78, 5) is 3.82. The van der Waals surface area contributed by atoms with Crippen LogP contribution in [0.5, 0.6) is 0 Å². The van der Waals surface area contributed by atoms with Crippen molar-refractivity contribution in [3.63, 3.8) is 0 Å². The summed E-state index contributed by atoms with van der Waals surface area (Å²) in [5.41, 5.74) is 0. The van der Waals surface area contributed by atoms with Crippen molar-refractivity contribution in [2.45, 2.75) is 6.04 Å². The molecule has 4 heteroatoms. The van der Waals surface area contributed by atoms with Gasteiger partial charge in [0.05, 0.1) is 18.4 Å². The third-order valence-electron chi connectivity index (χ3n) is 0.953. The van der Waals surface area contributed by atoms with Crippen LogP contribution in [0.1, 0.15) is 0 Å². The predicted octanol–water partition coefficient (Wildman–Crippen LogP) is 0.751.